The SMILES string of the molecule is CCNC(=O)C=Nc1cccc(Nc2ncc(F)c(Nc3cccc(O)c3)n2)c1. The Morgan fingerprint density at radius 3 is 2.69 bits per heavy atom. The monoisotopic (exact) mass is 394 g/mol. The van der Waals surface area contributed by atoms with Crippen LogP contribution in [0.15, 0.2) is 59.7 Å². The van der Waals surface area contributed by atoms with Crippen molar-refractivity contribution in [3.8, 4) is 5.75 Å². The second kappa shape index (κ2) is 9.27. The highest BCUT2D eigenvalue weighted by Crippen LogP contribution is 2.24. The molecule has 0 saturated carbocycles. The molecule has 4 N–H and O–H groups in total. The molecule has 29 heavy (non-hydrogen) atoms. The number of aliphatic imine (C=N–C) groups is 1. The molecular formula is C20H19FN6O2. The second-order valence-electron chi connectivity index (χ2n) is 5.89. The van der Waals surface area contributed by atoms with E-state index in [2.05, 4.69) is 30.9 Å². The van der Waals surface area contributed by atoms with Crippen LogP contribution >= 0.6 is 0 Å². The Kier molecular flexibility index (Phi) is 6.31. The van der Waals surface area contributed by atoms with Gasteiger partial charge < -0.3 is 21.1 Å². The van der Waals surface area contributed by atoms with Gasteiger partial charge >= 0.3 is 0 Å². The van der Waals surface area contributed by atoms with E-state index in [4.69, 9.17) is 0 Å². The highest BCUT2D eigenvalue weighted by molar-refractivity contribution is 6.26. The highest BCUT2D eigenvalue weighted by Gasteiger charge is 2.08. The molecule has 1 aromatic heterocycles. The molecule has 0 unspecified atom stereocenters. The normalized spacial score (nSPS) is 10.7. The third kappa shape index (κ3) is 5.73. The molecule has 0 aliphatic carbocycles. The maximum absolute atomic E-state index is 14.1. The van der Waals surface area contributed by atoms with Crippen molar-refractivity contribution < 1.29 is 14.3 Å². The first-order valence-electron chi connectivity index (χ1n) is 8.81. The first-order valence-corrected chi connectivity index (χ1v) is 8.81. The molecule has 0 atom stereocenters. The summed E-state index contributed by atoms with van der Waals surface area (Å²) in [5.41, 5.74) is 1.65. The van der Waals surface area contributed by atoms with Crippen LogP contribution in [0.3, 0.4) is 0 Å². The van der Waals surface area contributed by atoms with Gasteiger partial charge in [0.05, 0.1) is 18.1 Å². The number of halogens is 1. The molecule has 0 bridgehead atoms. The molecule has 3 aromatic rings. The lowest BCUT2D eigenvalue weighted by Gasteiger charge is -2.10. The van der Waals surface area contributed by atoms with Gasteiger partial charge in [0.15, 0.2) is 11.6 Å². The maximum atomic E-state index is 14.1. The van der Waals surface area contributed by atoms with E-state index in [1.54, 1.807) is 36.4 Å². The zero-order chi connectivity index (χ0) is 20.6. The number of aromatic nitrogens is 2. The summed E-state index contributed by atoms with van der Waals surface area (Å²) in [5.74, 6) is -0.750. The van der Waals surface area contributed by atoms with Gasteiger partial charge in [-0.1, -0.05) is 12.1 Å². The van der Waals surface area contributed by atoms with Gasteiger partial charge in [-0.3, -0.25) is 9.79 Å². The number of amides is 1. The van der Waals surface area contributed by atoms with Gasteiger partial charge in [-0.15, -0.1) is 0 Å². The van der Waals surface area contributed by atoms with E-state index in [0.29, 0.717) is 23.6 Å². The van der Waals surface area contributed by atoms with Crippen molar-refractivity contribution in [1.82, 2.24) is 15.3 Å². The van der Waals surface area contributed by atoms with Crippen molar-refractivity contribution in [1.29, 1.82) is 0 Å². The van der Waals surface area contributed by atoms with Crippen molar-refractivity contribution in [2.75, 3.05) is 17.2 Å². The highest BCUT2D eigenvalue weighted by atomic mass is 19.1. The van der Waals surface area contributed by atoms with Gasteiger partial charge in [0, 0.05) is 24.0 Å². The lowest BCUT2D eigenvalue weighted by Crippen LogP contribution is -2.23. The van der Waals surface area contributed by atoms with Crippen LogP contribution in [0.1, 0.15) is 6.92 Å². The fourth-order valence-electron chi connectivity index (χ4n) is 2.38. The van der Waals surface area contributed by atoms with Crippen LogP contribution in [0.2, 0.25) is 0 Å². The Balaban J connectivity index is 1.75. The van der Waals surface area contributed by atoms with Crippen LogP contribution in [0.5, 0.6) is 5.75 Å². The molecule has 0 aliphatic heterocycles. The van der Waals surface area contributed by atoms with E-state index < -0.39 is 5.82 Å². The Morgan fingerprint density at radius 2 is 1.93 bits per heavy atom. The number of hydrogen-bond donors (Lipinski definition) is 4. The molecule has 1 amide bonds. The molecule has 9 heteroatoms. The molecule has 2 aromatic carbocycles. The zero-order valence-electron chi connectivity index (χ0n) is 15.6. The molecular weight excluding hydrogens is 375 g/mol. The summed E-state index contributed by atoms with van der Waals surface area (Å²) in [5, 5.41) is 17.9. The molecule has 3 rings (SSSR count). The summed E-state index contributed by atoms with van der Waals surface area (Å²) in [6, 6.07) is 13.2. The molecule has 0 aliphatic rings. The van der Waals surface area contributed by atoms with Crippen molar-refractivity contribution in [2.45, 2.75) is 6.92 Å². The van der Waals surface area contributed by atoms with E-state index >= 15 is 0 Å². The average Bonchev–Trinajstić information content (AvgIpc) is 2.70. The van der Waals surface area contributed by atoms with Gasteiger partial charge in [0.25, 0.3) is 5.91 Å². The lowest BCUT2D eigenvalue weighted by atomic mass is 10.3. The first-order chi connectivity index (χ1) is 14.0. The number of carbonyl (C=O) groups is 1. The van der Waals surface area contributed by atoms with Gasteiger partial charge in [0.2, 0.25) is 5.95 Å². The molecule has 0 spiro atoms. The summed E-state index contributed by atoms with van der Waals surface area (Å²) in [6.45, 7) is 2.34. The number of hydrogen-bond acceptors (Lipinski definition) is 7. The van der Waals surface area contributed by atoms with Crippen molar-refractivity contribution >= 4 is 41.0 Å². The number of benzene rings is 2. The number of nitrogens with one attached hydrogen (secondary N) is 3. The standard InChI is InChI=1S/C20H19FN6O2/c1-2-22-18(29)12-23-13-5-3-6-14(9-13)26-20-24-11-17(21)19(27-20)25-15-7-4-8-16(28)10-15/h3-12,28H,2H2,1H3,(H,22,29)(H2,24,25,26,27). The van der Waals surface area contributed by atoms with Crippen LogP contribution in [-0.2, 0) is 4.79 Å². The fraction of sp³-hybridized carbons (Fsp3) is 0.100. The molecule has 0 saturated heterocycles. The Labute approximate surface area is 166 Å². The number of nitrogens with zero attached hydrogens (tertiary/aromatic N) is 3. The third-order valence-corrected chi connectivity index (χ3v) is 3.64. The average molecular weight is 394 g/mol. The quantitative estimate of drug-likeness (QED) is 0.455. The van der Waals surface area contributed by atoms with Crippen LogP contribution < -0.4 is 16.0 Å². The summed E-state index contributed by atoms with van der Waals surface area (Å²) in [4.78, 5) is 23.6. The fourth-order valence-corrected chi connectivity index (χ4v) is 2.38. The zero-order valence-corrected chi connectivity index (χ0v) is 15.6. The Hall–Kier alpha value is -4.01. The van der Waals surface area contributed by atoms with E-state index in [9.17, 15) is 14.3 Å². The molecule has 1 heterocycles. The van der Waals surface area contributed by atoms with Gasteiger partial charge in [-0.2, -0.15) is 4.98 Å². The van der Waals surface area contributed by atoms with Gasteiger partial charge in [-0.25, -0.2) is 9.37 Å². The largest absolute Gasteiger partial charge is 0.508 e. The van der Waals surface area contributed by atoms with Crippen LogP contribution in [-0.4, -0.2) is 33.7 Å². The number of phenols is 1. The summed E-state index contributed by atoms with van der Waals surface area (Å²) < 4.78 is 14.1. The van der Waals surface area contributed by atoms with E-state index in [1.165, 1.54) is 18.3 Å². The number of rotatable bonds is 7. The molecule has 0 fully saturated rings. The van der Waals surface area contributed by atoms with Crippen molar-refractivity contribution in [2.24, 2.45) is 4.99 Å². The Morgan fingerprint density at radius 1 is 1.17 bits per heavy atom. The van der Waals surface area contributed by atoms with Crippen LogP contribution in [0, 0.1) is 5.82 Å². The van der Waals surface area contributed by atoms with E-state index in [-0.39, 0.29) is 23.4 Å². The minimum atomic E-state index is -0.640. The number of aromatic hydroxyl groups is 1. The minimum Gasteiger partial charge on any atom is -0.508 e. The van der Waals surface area contributed by atoms with Crippen molar-refractivity contribution in [3.05, 3.63) is 60.5 Å². The predicted octanol–water partition coefficient (Wildman–Crippen LogP) is 3.65. The summed E-state index contributed by atoms with van der Waals surface area (Å²) in [6.07, 6.45) is 2.24. The maximum Gasteiger partial charge on any atom is 0.262 e. The number of carbonyl (C=O) groups excluding carboxylic acids is 1. The van der Waals surface area contributed by atoms with E-state index in [0.717, 1.165) is 6.20 Å². The van der Waals surface area contributed by atoms with Gasteiger partial charge in [-0.05, 0) is 37.3 Å². The summed E-state index contributed by atoms with van der Waals surface area (Å²) >= 11 is 0. The summed E-state index contributed by atoms with van der Waals surface area (Å²) in [7, 11) is 0. The molecule has 148 valence electrons. The van der Waals surface area contributed by atoms with Crippen molar-refractivity contribution in [3.63, 3.8) is 0 Å². The number of phenolic OH excluding ortho intramolecular Hbond substituents is 1. The predicted molar refractivity (Wildman–Crippen MR) is 110 cm³/mol. The smallest absolute Gasteiger partial charge is 0.262 e. The van der Waals surface area contributed by atoms with Crippen LogP contribution in [0.25, 0.3) is 0 Å². The van der Waals surface area contributed by atoms with Crippen LogP contribution in [0.4, 0.5) is 33.2 Å². The molecule has 8 nitrogen and oxygen atoms in total. The topological polar surface area (TPSA) is 112 Å². The van der Waals surface area contributed by atoms with E-state index in [1.807, 2.05) is 6.92 Å². The van der Waals surface area contributed by atoms with Gasteiger partial charge in [0.1, 0.15) is 5.75 Å². The number of anilines is 4. The second-order valence-corrected chi connectivity index (χ2v) is 5.89. The Bertz CT molecular complexity index is 1040. The minimum absolute atomic E-state index is 0.0430. The lowest BCUT2D eigenvalue weighted by molar-refractivity contribution is -0.114. The third-order valence-electron chi connectivity index (χ3n) is 3.64. The molecule has 0 radical (unpaired) electrons. The first kappa shape index (κ1) is 19.7.